The first-order valence-electron chi connectivity index (χ1n) is 6.08. The number of hydrogen-bond acceptors (Lipinski definition) is 3. The van der Waals surface area contributed by atoms with Crippen LogP contribution in [0.15, 0.2) is 12.3 Å². The summed E-state index contributed by atoms with van der Waals surface area (Å²) in [7, 11) is 0. The van der Waals surface area contributed by atoms with Crippen molar-refractivity contribution in [3.8, 4) is 0 Å². The molecule has 1 aromatic rings. The van der Waals surface area contributed by atoms with Gasteiger partial charge in [0.25, 0.3) is 5.91 Å². The van der Waals surface area contributed by atoms with E-state index >= 15 is 0 Å². The van der Waals surface area contributed by atoms with E-state index in [1.54, 1.807) is 20.8 Å². The van der Waals surface area contributed by atoms with E-state index in [0.717, 1.165) is 0 Å². The molecule has 6 heteroatoms. The zero-order valence-corrected chi connectivity index (χ0v) is 11.9. The van der Waals surface area contributed by atoms with Gasteiger partial charge in [-0.3, -0.25) is 14.6 Å². The molecule has 0 bridgehead atoms. The van der Waals surface area contributed by atoms with Crippen molar-refractivity contribution in [1.82, 2.24) is 10.0 Å². The zero-order chi connectivity index (χ0) is 14.2. The Morgan fingerprint density at radius 2 is 2.26 bits per heavy atom. The Kier molecular flexibility index (Phi) is 3.78. The summed E-state index contributed by atoms with van der Waals surface area (Å²) in [6.45, 7) is 5.75. The molecule has 1 amide bonds. The molecule has 19 heavy (non-hydrogen) atoms. The van der Waals surface area contributed by atoms with E-state index in [-0.39, 0.29) is 16.6 Å². The third-order valence-electron chi connectivity index (χ3n) is 2.90. The average molecular weight is 287 g/mol. The second-order valence-electron chi connectivity index (χ2n) is 5.54. The number of carbonyl (C=O) groups is 1. The summed E-state index contributed by atoms with van der Waals surface area (Å²) in [5.41, 5.74) is -0.398. The summed E-state index contributed by atoms with van der Waals surface area (Å²) in [6, 6.07) is 0.700. The van der Waals surface area contributed by atoms with Gasteiger partial charge in [0.1, 0.15) is 17.6 Å². The van der Waals surface area contributed by atoms with Crippen LogP contribution in [0.2, 0.25) is 5.02 Å². The molecule has 0 N–H and O–H groups in total. The van der Waals surface area contributed by atoms with Gasteiger partial charge in [-0.1, -0.05) is 32.4 Å². The molecular weight excluding hydrogens is 271 g/mol. The van der Waals surface area contributed by atoms with Crippen LogP contribution in [0.3, 0.4) is 0 Å². The summed E-state index contributed by atoms with van der Waals surface area (Å²) in [5, 5.41) is 1.47. The fourth-order valence-electron chi connectivity index (χ4n) is 1.92. The lowest BCUT2D eigenvalue weighted by Gasteiger charge is -2.28. The van der Waals surface area contributed by atoms with Gasteiger partial charge in [0, 0.05) is 18.0 Å². The molecule has 1 saturated heterocycles. The quantitative estimate of drug-likeness (QED) is 0.796. The van der Waals surface area contributed by atoms with Crippen LogP contribution in [0.1, 0.15) is 38.9 Å². The maximum Gasteiger partial charge on any atom is 0.252 e. The lowest BCUT2D eigenvalue weighted by Crippen LogP contribution is -2.38. The summed E-state index contributed by atoms with van der Waals surface area (Å²) < 4.78 is 13.9. The zero-order valence-electron chi connectivity index (χ0n) is 11.1. The van der Waals surface area contributed by atoms with E-state index in [1.807, 2.05) is 0 Å². The molecule has 104 valence electrons. The third kappa shape index (κ3) is 2.87. The smallest absolute Gasteiger partial charge is 0.252 e. The molecule has 1 atom stereocenters. The fourth-order valence-corrected chi connectivity index (χ4v) is 2.06. The molecule has 0 aromatic carbocycles. The summed E-state index contributed by atoms with van der Waals surface area (Å²) in [6.07, 6.45) is 1.89. The van der Waals surface area contributed by atoms with Gasteiger partial charge in [-0.2, -0.15) is 0 Å². The van der Waals surface area contributed by atoms with Gasteiger partial charge in [-0.05, 0) is 6.07 Å². The first-order chi connectivity index (χ1) is 8.80. The van der Waals surface area contributed by atoms with Gasteiger partial charge in [-0.25, -0.2) is 9.45 Å². The van der Waals surface area contributed by atoms with Crippen LogP contribution >= 0.6 is 11.6 Å². The number of hydroxylamine groups is 2. The molecule has 0 saturated carbocycles. The highest BCUT2D eigenvalue weighted by Gasteiger charge is 2.39. The van der Waals surface area contributed by atoms with E-state index in [4.69, 9.17) is 16.4 Å². The van der Waals surface area contributed by atoms with Crippen LogP contribution in [0.25, 0.3) is 0 Å². The molecule has 0 spiro atoms. The average Bonchev–Trinajstić information content (AvgIpc) is 2.75. The van der Waals surface area contributed by atoms with Crippen LogP contribution in [0.5, 0.6) is 0 Å². The molecule has 1 fully saturated rings. The Bertz CT molecular complexity index is 502. The third-order valence-corrected chi connectivity index (χ3v) is 3.11. The number of pyridine rings is 1. The molecule has 0 unspecified atom stereocenters. The van der Waals surface area contributed by atoms with Crippen molar-refractivity contribution in [2.75, 3.05) is 6.61 Å². The van der Waals surface area contributed by atoms with Crippen molar-refractivity contribution < 1.29 is 14.0 Å². The molecule has 1 aliphatic rings. The fraction of sp³-hybridized carbons (Fsp3) is 0.538. The number of nitrogens with zero attached hydrogens (tertiary/aromatic N) is 2. The Hall–Kier alpha value is -1.20. The van der Waals surface area contributed by atoms with Gasteiger partial charge >= 0.3 is 0 Å². The van der Waals surface area contributed by atoms with Gasteiger partial charge < -0.3 is 0 Å². The minimum atomic E-state index is -0.592. The Labute approximate surface area is 116 Å². The number of carbonyl (C=O) groups excluding carboxylic acids is 1. The Balaban J connectivity index is 2.31. The first-order valence-corrected chi connectivity index (χ1v) is 6.46. The maximum atomic E-state index is 13.9. The van der Waals surface area contributed by atoms with Gasteiger partial charge in [0.2, 0.25) is 0 Å². The number of amides is 1. The van der Waals surface area contributed by atoms with Crippen molar-refractivity contribution >= 4 is 17.5 Å². The lowest BCUT2D eigenvalue weighted by atomic mass is 9.94. The molecule has 0 radical (unpaired) electrons. The molecule has 4 nitrogen and oxygen atoms in total. The van der Waals surface area contributed by atoms with Gasteiger partial charge in [0.05, 0.1) is 11.6 Å². The van der Waals surface area contributed by atoms with E-state index in [1.165, 1.54) is 17.3 Å². The normalized spacial score (nSPS) is 19.8. The maximum absolute atomic E-state index is 13.9. The summed E-state index contributed by atoms with van der Waals surface area (Å²) in [5.74, 6) is -0.708. The van der Waals surface area contributed by atoms with Crippen molar-refractivity contribution in [3.05, 3.63) is 28.8 Å². The Morgan fingerprint density at radius 3 is 2.84 bits per heavy atom. The molecule has 2 heterocycles. The number of hydrogen-bond donors (Lipinski definition) is 0. The minimum absolute atomic E-state index is 0.189. The first kappa shape index (κ1) is 14.2. The van der Waals surface area contributed by atoms with Crippen molar-refractivity contribution in [2.24, 2.45) is 5.41 Å². The topological polar surface area (TPSA) is 42.4 Å². The van der Waals surface area contributed by atoms with Crippen molar-refractivity contribution in [2.45, 2.75) is 33.2 Å². The molecule has 1 aromatic heterocycles. The SMILES string of the molecule is CC(C)(C)C(=O)N1OCC[C@H]1c1ncc(Cl)cc1F. The van der Waals surface area contributed by atoms with E-state index in [0.29, 0.717) is 13.0 Å². The number of halogens is 2. The summed E-state index contributed by atoms with van der Waals surface area (Å²) in [4.78, 5) is 21.6. The van der Waals surface area contributed by atoms with Crippen LogP contribution in [-0.2, 0) is 9.63 Å². The van der Waals surface area contributed by atoms with Crippen LogP contribution in [-0.4, -0.2) is 22.6 Å². The lowest BCUT2D eigenvalue weighted by molar-refractivity contribution is -0.186. The highest BCUT2D eigenvalue weighted by Crippen LogP contribution is 2.34. The Morgan fingerprint density at radius 1 is 1.58 bits per heavy atom. The molecule has 0 aliphatic carbocycles. The highest BCUT2D eigenvalue weighted by atomic mass is 35.5. The predicted molar refractivity (Wildman–Crippen MR) is 68.8 cm³/mol. The van der Waals surface area contributed by atoms with Gasteiger partial charge in [0.15, 0.2) is 0 Å². The second-order valence-corrected chi connectivity index (χ2v) is 5.98. The van der Waals surface area contributed by atoms with E-state index < -0.39 is 17.3 Å². The van der Waals surface area contributed by atoms with Crippen LogP contribution < -0.4 is 0 Å². The highest BCUT2D eigenvalue weighted by molar-refractivity contribution is 6.30. The van der Waals surface area contributed by atoms with Gasteiger partial charge in [-0.15, -0.1) is 0 Å². The van der Waals surface area contributed by atoms with Crippen molar-refractivity contribution in [3.63, 3.8) is 0 Å². The molecular formula is C13H16ClFN2O2. The number of aromatic nitrogens is 1. The number of rotatable bonds is 1. The predicted octanol–water partition coefficient (Wildman–Crippen LogP) is 3.13. The summed E-state index contributed by atoms with van der Waals surface area (Å²) >= 11 is 5.68. The van der Waals surface area contributed by atoms with Crippen molar-refractivity contribution in [1.29, 1.82) is 0 Å². The van der Waals surface area contributed by atoms with Crippen LogP contribution in [0.4, 0.5) is 4.39 Å². The largest absolute Gasteiger partial charge is 0.272 e. The minimum Gasteiger partial charge on any atom is -0.272 e. The standard InChI is InChI=1S/C13H16ClFN2O2/c1-13(2,3)12(18)17-10(4-5-19-17)11-9(15)6-8(14)7-16-11/h6-7,10H,4-5H2,1-3H3/t10-/m0/s1. The second kappa shape index (κ2) is 5.06. The molecule has 2 rings (SSSR count). The van der Waals surface area contributed by atoms with E-state index in [2.05, 4.69) is 4.98 Å². The van der Waals surface area contributed by atoms with E-state index in [9.17, 15) is 9.18 Å². The monoisotopic (exact) mass is 286 g/mol. The van der Waals surface area contributed by atoms with Crippen LogP contribution in [0, 0.1) is 11.2 Å². The molecule has 1 aliphatic heterocycles.